The molecule has 0 heterocycles. The standard InChI is InChI=1S/C22H16O8/c1-30-19-10-13(4-7-18(19)25)20(11-2-5-16(23)14(8-11)21(26)27)12-3-6-17(24)15(9-12)22(28)29/h2-10,23-24H,1H3,(H,26,27)(H,28,29). The number of methoxy groups -OCH3 is 1. The predicted octanol–water partition coefficient (Wildman–Crippen LogP) is 2.97. The average Bonchev–Trinajstić information content (AvgIpc) is 2.71. The van der Waals surface area contributed by atoms with Gasteiger partial charge in [-0.2, -0.15) is 0 Å². The van der Waals surface area contributed by atoms with Crippen molar-refractivity contribution in [3.05, 3.63) is 88.2 Å². The summed E-state index contributed by atoms with van der Waals surface area (Å²) >= 11 is 0. The van der Waals surface area contributed by atoms with Crippen LogP contribution in [-0.4, -0.2) is 45.3 Å². The number of ketones is 1. The molecule has 0 saturated heterocycles. The SMILES string of the molecule is COC1=CC(=C(c2ccc(O)c(C(=O)O)c2)c2ccc(O)c(C(=O)O)c2)C=CC1=O. The highest BCUT2D eigenvalue weighted by Crippen LogP contribution is 2.35. The molecule has 0 saturated carbocycles. The van der Waals surface area contributed by atoms with Crippen LogP contribution in [0.15, 0.2) is 66.0 Å². The minimum absolute atomic E-state index is 0.0412. The average molecular weight is 408 g/mol. The minimum atomic E-state index is -1.35. The molecule has 1 aliphatic carbocycles. The molecule has 8 heteroatoms. The molecule has 0 aromatic heterocycles. The topological polar surface area (TPSA) is 141 Å². The van der Waals surface area contributed by atoms with Gasteiger partial charge < -0.3 is 25.2 Å². The quantitative estimate of drug-likeness (QED) is 0.592. The molecule has 152 valence electrons. The summed E-state index contributed by atoms with van der Waals surface area (Å²) in [7, 11) is 1.33. The smallest absolute Gasteiger partial charge is 0.339 e. The molecule has 30 heavy (non-hydrogen) atoms. The zero-order valence-corrected chi connectivity index (χ0v) is 15.6. The highest BCUT2D eigenvalue weighted by molar-refractivity contribution is 6.06. The van der Waals surface area contributed by atoms with Crippen molar-refractivity contribution >= 4 is 23.3 Å². The summed E-state index contributed by atoms with van der Waals surface area (Å²) in [6, 6.07) is 7.80. The van der Waals surface area contributed by atoms with Gasteiger partial charge in [-0.3, -0.25) is 4.79 Å². The molecule has 2 aromatic rings. The monoisotopic (exact) mass is 408 g/mol. The molecule has 0 unspecified atom stereocenters. The summed E-state index contributed by atoms with van der Waals surface area (Å²) in [4.78, 5) is 34.8. The fourth-order valence-corrected chi connectivity index (χ4v) is 3.05. The molecule has 3 rings (SSSR count). The number of carbonyl (C=O) groups excluding carboxylic acids is 1. The Balaban J connectivity index is 2.35. The molecule has 0 aliphatic heterocycles. The second-order valence-corrected chi connectivity index (χ2v) is 6.31. The summed E-state index contributed by atoms with van der Waals surface area (Å²) < 4.78 is 5.08. The maximum Gasteiger partial charge on any atom is 0.339 e. The molecule has 2 aromatic carbocycles. The lowest BCUT2D eigenvalue weighted by molar-refractivity contribution is -0.114. The molecule has 0 atom stereocenters. The first-order valence-electron chi connectivity index (χ1n) is 8.58. The Labute approximate surface area is 170 Å². The second-order valence-electron chi connectivity index (χ2n) is 6.31. The molecular formula is C22H16O8. The van der Waals surface area contributed by atoms with Crippen molar-refractivity contribution < 1.29 is 39.5 Å². The van der Waals surface area contributed by atoms with E-state index < -0.39 is 23.4 Å². The van der Waals surface area contributed by atoms with Crippen molar-refractivity contribution in [3.63, 3.8) is 0 Å². The van der Waals surface area contributed by atoms with Crippen molar-refractivity contribution in [2.75, 3.05) is 7.11 Å². The number of carbonyl (C=O) groups is 3. The first-order chi connectivity index (χ1) is 14.2. The van der Waals surface area contributed by atoms with Crippen LogP contribution in [0.25, 0.3) is 5.57 Å². The third kappa shape index (κ3) is 3.79. The highest BCUT2D eigenvalue weighted by atomic mass is 16.5. The number of phenols is 2. The van der Waals surface area contributed by atoms with E-state index in [-0.39, 0.29) is 22.7 Å². The summed E-state index contributed by atoms with van der Waals surface area (Å²) in [6.07, 6.45) is 4.20. The molecule has 0 radical (unpaired) electrons. The van der Waals surface area contributed by atoms with Crippen molar-refractivity contribution in [3.8, 4) is 11.5 Å². The number of aromatic hydroxyl groups is 2. The normalized spacial score (nSPS) is 13.0. The van der Waals surface area contributed by atoms with E-state index in [1.807, 2.05) is 0 Å². The zero-order chi connectivity index (χ0) is 22.0. The molecular weight excluding hydrogens is 392 g/mol. The van der Waals surface area contributed by atoms with Crippen LogP contribution in [0.3, 0.4) is 0 Å². The Bertz CT molecular complexity index is 1100. The van der Waals surface area contributed by atoms with Crippen molar-refractivity contribution in [1.29, 1.82) is 0 Å². The number of carboxylic acid groups (broad SMARTS) is 2. The lowest BCUT2D eigenvalue weighted by Crippen LogP contribution is -2.07. The van der Waals surface area contributed by atoms with Gasteiger partial charge in [-0.05, 0) is 58.7 Å². The minimum Gasteiger partial charge on any atom is -0.507 e. The Hall–Kier alpha value is -4.33. The van der Waals surface area contributed by atoms with Gasteiger partial charge >= 0.3 is 11.9 Å². The van der Waals surface area contributed by atoms with Crippen LogP contribution >= 0.6 is 0 Å². The molecule has 8 nitrogen and oxygen atoms in total. The summed E-state index contributed by atoms with van der Waals surface area (Å²) in [5, 5.41) is 38.4. The van der Waals surface area contributed by atoms with Crippen LogP contribution in [0.4, 0.5) is 0 Å². The van der Waals surface area contributed by atoms with Gasteiger partial charge in [0, 0.05) is 0 Å². The maximum atomic E-state index is 11.9. The van der Waals surface area contributed by atoms with Gasteiger partial charge in [-0.1, -0.05) is 18.2 Å². The van der Waals surface area contributed by atoms with Crippen molar-refractivity contribution in [1.82, 2.24) is 0 Å². The van der Waals surface area contributed by atoms with Crippen molar-refractivity contribution in [2.45, 2.75) is 0 Å². The number of benzene rings is 2. The first-order valence-corrected chi connectivity index (χ1v) is 8.58. The Morgan fingerprint density at radius 2 is 1.33 bits per heavy atom. The van der Waals surface area contributed by atoms with E-state index in [4.69, 9.17) is 4.74 Å². The van der Waals surface area contributed by atoms with Crippen LogP contribution in [-0.2, 0) is 9.53 Å². The summed E-state index contributed by atoms with van der Waals surface area (Å²) in [5.74, 6) is -3.89. The molecule has 0 fully saturated rings. The van der Waals surface area contributed by atoms with E-state index in [2.05, 4.69) is 0 Å². The Morgan fingerprint density at radius 3 is 1.77 bits per heavy atom. The lowest BCUT2D eigenvalue weighted by atomic mass is 9.88. The van der Waals surface area contributed by atoms with E-state index in [0.717, 1.165) is 0 Å². The number of allylic oxidation sites excluding steroid dienone is 4. The lowest BCUT2D eigenvalue weighted by Gasteiger charge is -2.17. The summed E-state index contributed by atoms with van der Waals surface area (Å²) in [5.41, 5.74) is 0.791. The second kappa shape index (κ2) is 7.96. The fourth-order valence-electron chi connectivity index (χ4n) is 3.05. The van der Waals surface area contributed by atoms with Crippen LogP contribution in [0.1, 0.15) is 31.8 Å². The Morgan fingerprint density at radius 1 is 0.833 bits per heavy atom. The van der Waals surface area contributed by atoms with E-state index in [9.17, 15) is 34.8 Å². The van der Waals surface area contributed by atoms with Crippen molar-refractivity contribution in [2.24, 2.45) is 0 Å². The molecule has 0 amide bonds. The van der Waals surface area contributed by atoms with Crippen LogP contribution < -0.4 is 0 Å². The fraction of sp³-hybridized carbons (Fsp3) is 0.0455. The molecule has 4 N–H and O–H groups in total. The van der Waals surface area contributed by atoms with Gasteiger partial charge in [0.2, 0.25) is 5.78 Å². The number of hydrogen-bond donors (Lipinski definition) is 4. The van der Waals surface area contributed by atoms with Gasteiger partial charge in [0.1, 0.15) is 22.6 Å². The van der Waals surface area contributed by atoms with Gasteiger partial charge in [-0.15, -0.1) is 0 Å². The highest BCUT2D eigenvalue weighted by Gasteiger charge is 2.21. The zero-order valence-electron chi connectivity index (χ0n) is 15.6. The third-order valence-electron chi connectivity index (χ3n) is 4.48. The number of ether oxygens (including phenoxy) is 1. The van der Waals surface area contributed by atoms with E-state index in [1.54, 1.807) is 0 Å². The van der Waals surface area contributed by atoms with Gasteiger partial charge in [0.05, 0.1) is 7.11 Å². The number of carboxylic acids is 2. The molecule has 0 spiro atoms. The van der Waals surface area contributed by atoms with Gasteiger partial charge in [0.15, 0.2) is 5.76 Å². The third-order valence-corrected chi connectivity index (χ3v) is 4.48. The predicted molar refractivity (Wildman–Crippen MR) is 105 cm³/mol. The van der Waals surface area contributed by atoms with Crippen LogP contribution in [0, 0.1) is 0 Å². The summed E-state index contributed by atoms with van der Waals surface area (Å²) in [6.45, 7) is 0. The van der Waals surface area contributed by atoms with E-state index in [1.165, 1.54) is 61.7 Å². The number of aromatic carboxylic acids is 2. The Kier molecular flexibility index (Phi) is 5.41. The number of rotatable bonds is 5. The van der Waals surface area contributed by atoms with Crippen LogP contribution in [0.2, 0.25) is 0 Å². The van der Waals surface area contributed by atoms with E-state index in [0.29, 0.717) is 22.3 Å². The van der Waals surface area contributed by atoms with Gasteiger partial charge in [0.25, 0.3) is 0 Å². The van der Waals surface area contributed by atoms with Gasteiger partial charge in [-0.25, -0.2) is 9.59 Å². The number of hydrogen-bond acceptors (Lipinski definition) is 6. The molecule has 1 aliphatic rings. The van der Waals surface area contributed by atoms with E-state index >= 15 is 0 Å². The van der Waals surface area contributed by atoms with Crippen LogP contribution in [0.5, 0.6) is 11.5 Å². The first kappa shape index (κ1) is 20.4. The largest absolute Gasteiger partial charge is 0.507 e. The maximum absolute atomic E-state index is 11.9. The molecule has 0 bridgehead atoms.